The number of amides is 1. The summed E-state index contributed by atoms with van der Waals surface area (Å²) in [5, 5.41) is 9.31. The summed E-state index contributed by atoms with van der Waals surface area (Å²) in [6, 6.07) is 7.98. The summed E-state index contributed by atoms with van der Waals surface area (Å²) in [6.45, 7) is 5.42. The maximum atomic E-state index is 12.5. The van der Waals surface area contributed by atoms with Crippen LogP contribution in [-0.2, 0) is 11.2 Å². The van der Waals surface area contributed by atoms with Crippen molar-refractivity contribution >= 4 is 5.91 Å². The van der Waals surface area contributed by atoms with Crippen molar-refractivity contribution in [2.24, 2.45) is 5.92 Å². The van der Waals surface area contributed by atoms with Crippen molar-refractivity contribution in [1.29, 1.82) is 0 Å². The smallest absolute Gasteiger partial charge is 0.228 e. The molecule has 2 heterocycles. The van der Waals surface area contributed by atoms with Gasteiger partial charge in [0.2, 0.25) is 11.8 Å². The van der Waals surface area contributed by atoms with Crippen molar-refractivity contribution in [2.45, 2.75) is 33.1 Å². The zero-order chi connectivity index (χ0) is 17.1. The van der Waals surface area contributed by atoms with Gasteiger partial charge >= 0.3 is 0 Å². The van der Waals surface area contributed by atoms with E-state index in [1.165, 1.54) is 5.56 Å². The Kier molecular flexibility index (Phi) is 5.00. The Morgan fingerprint density at radius 2 is 2.08 bits per heavy atom. The van der Waals surface area contributed by atoms with E-state index in [4.69, 9.17) is 4.42 Å². The first kappa shape index (κ1) is 16.7. The monoisotopic (exact) mass is 328 g/mol. The quantitative estimate of drug-likeness (QED) is 0.937. The number of oxazole rings is 1. The van der Waals surface area contributed by atoms with Crippen LogP contribution < -0.4 is 0 Å². The van der Waals surface area contributed by atoms with Crippen LogP contribution in [0.3, 0.4) is 0 Å². The molecule has 1 saturated heterocycles. The summed E-state index contributed by atoms with van der Waals surface area (Å²) in [5.41, 5.74) is 2.79. The van der Waals surface area contributed by atoms with Gasteiger partial charge in [-0.1, -0.05) is 17.7 Å². The second-order valence-corrected chi connectivity index (χ2v) is 6.60. The van der Waals surface area contributed by atoms with Crippen molar-refractivity contribution in [1.82, 2.24) is 9.88 Å². The Morgan fingerprint density at radius 3 is 2.79 bits per heavy atom. The minimum Gasteiger partial charge on any atom is -0.441 e. The first-order valence-corrected chi connectivity index (χ1v) is 8.49. The van der Waals surface area contributed by atoms with Crippen LogP contribution in [0.1, 0.15) is 29.9 Å². The molecule has 2 aromatic rings. The van der Waals surface area contributed by atoms with E-state index in [-0.39, 0.29) is 24.9 Å². The van der Waals surface area contributed by atoms with Crippen LogP contribution in [0.4, 0.5) is 0 Å². The van der Waals surface area contributed by atoms with Crippen LogP contribution in [0.15, 0.2) is 28.7 Å². The van der Waals surface area contributed by atoms with E-state index in [2.05, 4.69) is 4.98 Å². The Labute approximate surface area is 142 Å². The van der Waals surface area contributed by atoms with Crippen LogP contribution in [0.25, 0.3) is 11.5 Å². The molecule has 0 radical (unpaired) electrons. The Bertz CT molecular complexity index is 706. The molecule has 5 heteroatoms. The molecule has 1 aromatic carbocycles. The molecule has 1 fully saturated rings. The SMILES string of the molecule is Cc1ccc(-c2nc(CC(=O)N3CCCC(CO)C3)c(C)o2)cc1. The van der Waals surface area contributed by atoms with E-state index < -0.39 is 0 Å². The molecule has 1 aliphatic heterocycles. The maximum absolute atomic E-state index is 12.5. The summed E-state index contributed by atoms with van der Waals surface area (Å²) in [6.07, 6.45) is 2.18. The fourth-order valence-electron chi connectivity index (χ4n) is 3.11. The fraction of sp³-hybridized carbons (Fsp3) is 0.474. The van der Waals surface area contributed by atoms with Crippen LogP contribution >= 0.6 is 0 Å². The van der Waals surface area contributed by atoms with E-state index in [9.17, 15) is 9.90 Å². The second kappa shape index (κ2) is 7.18. The van der Waals surface area contributed by atoms with Gasteiger partial charge in [-0.2, -0.15) is 0 Å². The predicted molar refractivity (Wildman–Crippen MR) is 91.5 cm³/mol. The topological polar surface area (TPSA) is 66.6 Å². The Balaban J connectivity index is 1.71. The molecule has 0 spiro atoms. The van der Waals surface area contributed by atoms with E-state index in [0.717, 1.165) is 24.9 Å². The van der Waals surface area contributed by atoms with Crippen LogP contribution in [0.5, 0.6) is 0 Å². The number of aliphatic hydroxyl groups is 1. The highest BCUT2D eigenvalue weighted by Gasteiger charge is 2.24. The van der Waals surface area contributed by atoms with Gasteiger partial charge in [-0.25, -0.2) is 4.98 Å². The van der Waals surface area contributed by atoms with E-state index in [1.54, 1.807) is 0 Å². The van der Waals surface area contributed by atoms with Crippen LogP contribution in [0, 0.1) is 19.8 Å². The van der Waals surface area contributed by atoms with E-state index in [0.29, 0.717) is 23.9 Å². The minimum atomic E-state index is 0.0556. The van der Waals surface area contributed by atoms with Gasteiger partial charge in [0.25, 0.3) is 0 Å². The summed E-state index contributed by atoms with van der Waals surface area (Å²) < 4.78 is 5.75. The molecule has 3 rings (SSSR count). The number of carbonyl (C=O) groups is 1. The number of nitrogens with zero attached hydrogens (tertiary/aromatic N) is 2. The van der Waals surface area contributed by atoms with Gasteiger partial charge in [0.05, 0.1) is 12.1 Å². The number of piperidine rings is 1. The molecular weight excluding hydrogens is 304 g/mol. The van der Waals surface area contributed by atoms with Crippen molar-refractivity contribution in [3.63, 3.8) is 0 Å². The third-order valence-electron chi connectivity index (χ3n) is 4.64. The highest BCUT2D eigenvalue weighted by Crippen LogP contribution is 2.23. The van der Waals surface area contributed by atoms with Gasteiger partial charge < -0.3 is 14.4 Å². The first-order chi connectivity index (χ1) is 11.6. The third kappa shape index (κ3) is 3.67. The maximum Gasteiger partial charge on any atom is 0.228 e. The zero-order valence-electron chi connectivity index (χ0n) is 14.3. The lowest BCUT2D eigenvalue weighted by Gasteiger charge is -2.31. The number of likely N-dealkylation sites (tertiary alicyclic amines) is 1. The number of rotatable bonds is 4. The standard InChI is InChI=1S/C19H24N2O3/c1-13-5-7-16(8-6-13)19-20-17(14(2)24-19)10-18(23)21-9-3-4-15(11-21)12-22/h5-8,15,22H,3-4,9-12H2,1-2H3. The molecular formula is C19H24N2O3. The van der Waals surface area contributed by atoms with Crippen LogP contribution in [-0.4, -0.2) is 40.6 Å². The summed E-state index contributed by atoms with van der Waals surface area (Å²) in [7, 11) is 0. The number of carbonyl (C=O) groups excluding carboxylic acids is 1. The normalized spacial score (nSPS) is 18.0. The van der Waals surface area contributed by atoms with Gasteiger partial charge in [-0.3, -0.25) is 4.79 Å². The van der Waals surface area contributed by atoms with Gasteiger partial charge in [-0.15, -0.1) is 0 Å². The largest absolute Gasteiger partial charge is 0.441 e. The number of aromatic nitrogens is 1. The lowest BCUT2D eigenvalue weighted by Crippen LogP contribution is -2.41. The van der Waals surface area contributed by atoms with Gasteiger partial charge in [0.15, 0.2) is 0 Å². The molecule has 0 aliphatic carbocycles. The third-order valence-corrected chi connectivity index (χ3v) is 4.64. The van der Waals surface area contributed by atoms with Crippen molar-refractivity contribution < 1.29 is 14.3 Å². The molecule has 1 unspecified atom stereocenters. The molecule has 128 valence electrons. The van der Waals surface area contributed by atoms with Crippen molar-refractivity contribution in [3.8, 4) is 11.5 Å². The highest BCUT2D eigenvalue weighted by molar-refractivity contribution is 5.78. The van der Waals surface area contributed by atoms with Crippen molar-refractivity contribution in [3.05, 3.63) is 41.3 Å². The van der Waals surface area contributed by atoms with Gasteiger partial charge in [0, 0.05) is 25.3 Å². The molecule has 1 atom stereocenters. The first-order valence-electron chi connectivity index (χ1n) is 8.49. The molecule has 1 aliphatic rings. The average molecular weight is 328 g/mol. The van der Waals surface area contributed by atoms with Crippen molar-refractivity contribution in [2.75, 3.05) is 19.7 Å². The number of hydrogen-bond acceptors (Lipinski definition) is 4. The number of aliphatic hydroxyl groups excluding tert-OH is 1. The lowest BCUT2D eigenvalue weighted by molar-refractivity contribution is -0.132. The number of hydrogen-bond donors (Lipinski definition) is 1. The summed E-state index contributed by atoms with van der Waals surface area (Å²) >= 11 is 0. The molecule has 5 nitrogen and oxygen atoms in total. The van der Waals surface area contributed by atoms with E-state index >= 15 is 0 Å². The van der Waals surface area contributed by atoms with Gasteiger partial charge in [0.1, 0.15) is 5.76 Å². The highest BCUT2D eigenvalue weighted by atomic mass is 16.4. The second-order valence-electron chi connectivity index (χ2n) is 6.60. The van der Waals surface area contributed by atoms with Gasteiger partial charge in [-0.05, 0) is 44.7 Å². The molecule has 24 heavy (non-hydrogen) atoms. The van der Waals surface area contributed by atoms with Crippen LogP contribution in [0.2, 0.25) is 0 Å². The average Bonchev–Trinajstić information content (AvgIpc) is 2.96. The molecule has 0 saturated carbocycles. The number of benzene rings is 1. The Morgan fingerprint density at radius 1 is 1.33 bits per heavy atom. The molecule has 1 aromatic heterocycles. The molecule has 0 bridgehead atoms. The molecule has 1 N–H and O–H groups in total. The Hall–Kier alpha value is -2.14. The summed E-state index contributed by atoms with van der Waals surface area (Å²) in [5.74, 6) is 1.50. The lowest BCUT2D eigenvalue weighted by atomic mass is 9.98. The zero-order valence-corrected chi connectivity index (χ0v) is 14.3. The number of aryl methyl sites for hydroxylation is 2. The molecule has 1 amide bonds. The fourth-order valence-corrected chi connectivity index (χ4v) is 3.11. The summed E-state index contributed by atoms with van der Waals surface area (Å²) in [4.78, 5) is 18.9. The van der Waals surface area contributed by atoms with E-state index in [1.807, 2.05) is 43.0 Å². The predicted octanol–water partition coefficient (Wildman–Crippen LogP) is 2.73. The minimum absolute atomic E-state index is 0.0556.